The minimum atomic E-state index is -0.0954. The molecule has 1 atom stereocenters. The van der Waals surface area contributed by atoms with E-state index in [9.17, 15) is 4.79 Å². The minimum absolute atomic E-state index is 0. The van der Waals surface area contributed by atoms with Crippen molar-refractivity contribution in [3.63, 3.8) is 0 Å². The van der Waals surface area contributed by atoms with E-state index >= 15 is 0 Å². The number of hydrogen-bond donors (Lipinski definition) is 2. The summed E-state index contributed by atoms with van der Waals surface area (Å²) in [5.41, 5.74) is 7.12. The fraction of sp³-hybridized carbons (Fsp3) is 0.417. The predicted molar refractivity (Wildman–Crippen MR) is 70.4 cm³/mol. The monoisotopic (exact) mass is 258 g/mol. The highest BCUT2D eigenvalue weighted by atomic mass is 35.5. The van der Waals surface area contributed by atoms with Crippen LogP contribution in [0.5, 0.6) is 0 Å². The molecule has 0 saturated heterocycles. The Labute approximate surface area is 108 Å². The van der Waals surface area contributed by atoms with Crippen LogP contribution < -0.4 is 11.1 Å². The summed E-state index contributed by atoms with van der Waals surface area (Å²) in [6.07, 6.45) is 0. The van der Waals surface area contributed by atoms with E-state index in [0.29, 0.717) is 18.7 Å². The van der Waals surface area contributed by atoms with Gasteiger partial charge in [0.25, 0.3) is 5.91 Å². The van der Waals surface area contributed by atoms with Crippen molar-refractivity contribution < 1.29 is 9.53 Å². The molecule has 17 heavy (non-hydrogen) atoms. The van der Waals surface area contributed by atoms with Crippen LogP contribution in [0.4, 0.5) is 0 Å². The van der Waals surface area contributed by atoms with Crippen LogP contribution in [-0.2, 0) is 11.3 Å². The van der Waals surface area contributed by atoms with Crippen LogP contribution in [0.1, 0.15) is 22.8 Å². The lowest BCUT2D eigenvalue weighted by atomic mass is 10.1. The number of methoxy groups -OCH3 is 1. The Hall–Kier alpha value is -1.10. The van der Waals surface area contributed by atoms with Gasteiger partial charge in [-0.3, -0.25) is 4.79 Å². The van der Waals surface area contributed by atoms with Crippen LogP contribution in [0.25, 0.3) is 0 Å². The number of carbonyl (C=O) groups is 1. The molecule has 96 valence electrons. The standard InChI is InChI=1S/C12H18N2O2.ClH/c1-9(7-13)14-12(15)11-5-3-10(4-6-11)8-16-2;/h3-6,9H,7-8,13H2,1-2H3,(H,14,15);1H/t9-;/m0./s1. The van der Waals surface area contributed by atoms with Crippen molar-refractivity contribution in [2.24, 2.45) is 5.73 Å². The first-order valence-corrected chi connectivity index (χ1v) is 5.26. The maximum atomic E-state index is 11.7. The summed E-state index contributed by atoms with van der Waals surface area (Å²) in [6.45, 7) is 2.87. The van der Waals surface area contributed by atoms with Crippen molar-refractivity contribution in [2.75, 3.05) is 13.7 Å². The Morgan fingerprint density at radius 2 is 2.00 bits per heavy atom. The van der Waals surface area contributed by atoms with Gasteiger partial charge in [-0.2, -0.15) is 0 Å². The SMILES string of the molecule is COCc1ccc(C(=O)N[C@@H](C)CN)cc1.Cl. The van der Waals surface area contributed by atoms with Gasteiger partial charge in [0.05, 0.1) is 6.61 Å². The first-order valence-electron chi connectivity index (χ1n) is 5.26. The number of amides is 1. The third-order valence-corrected chi connectivity index (χ3v) is 2.26. The van der Waals surface area contributed by atoms with Crippen molar-refractivity contribution in [2.45, 2.75) is 19.6 Å². The molecule has 1 aromatic rings. The number of ether oxygens (including phenoxy) is 1. The van der Waals surface area contributed by atoms with Crippen molar-refractivity contribution in [3.05, 3.63) is 35.4 Å². The molecule has 0 spiro atoms. The summed E-state index contributed by atoms with van der Waals surface area (Å²) in [5.74, 6) is -0.0954. The molecule has 0 aromatic heterocycles. The Bertz CT molecular complexity index is 341. The number of halogens is 1. The van der Waals surface area contributed by atoms with Gasteiger partial charge in [0.1, 0.15) is 0 Å². The molecular formula is C12H19ClN2O2. The molecule has 0 heterocycles. The van der Waals surface area contributed by atoms with Gasteiger partial charge in [0, 0.05) is 25.3 Å². The van der Waals surface area contributed by atoms with Crippen LogP contribution >= 0.6 is 12.4 Å². The molecule has 0 bridgehead atoms. The summed E-state index contributed by atoms with van der Waals surface area (Å²) in [6, 6.07) is 7.32. The summed E-state index contributed by atoms with van der Waals surface area (Å²) < 4.78 is 4.99. The van der Waals surface area contributed by atoms with E-state index in [1.807, 2.05) is 19.1 Å². The maximum absolute atomic E-state index is 11.7. The van der Waals surface area contributed by atoms with E-state index in [4.69, 9.17) is 10.5 Å². The van der Waals surface area contributed by atoms with E-state index in [1.54, 1.807) is 19.2 Å². The third-order valence-electron chi connectivity index (χ3n) is 2.26. The largest absolute Gasteiger partial charge is 0.380 e. The summed E-state index contributed by atoms with van der Waals surface area (Å²) >= 11 is 0. The summed E-state index contributed by atoms with van der Waals surface area (Å²) in [4.78, 5) is 11.7. The molecule has 0 aliphatic rings. The number of hydrogen-bond acceptors (Lipinski definition) is 3. The maximum Gasteiger partial charge on any atom is 0.251 e. The van der Waals surface area contributed by atoms with Gasteiger partial charge in [0.2, 0.25) is 0 Å². The molecule has 1 rings (SSSR count). The highest BCUT2D eigenvalue weighted by Gasteiger charge is 2.07. The number of nitrogens with two attached hydrogens (primary N) is 1. The molecule has 1 amide bonds. The molecule has 0 aliphatic carbocycles. The lowest BCUT2D eigenvalue weighted by Crippen LogP contribution is -2.37. The molecule has 0 saturated carbocycles. The van der Waals surface area contributed by atoms with Crippen LogP contribution in [0.3, 0.4) is 0 Å². The number of rotatable bonds is 5. The zero-order valence-electron chi connectivity index (χ0n) is 10.1. The fourth-order valence-corrected chi connectivity index (χ4v) is 1.29. The molecule has 3 N–H and O–H groups in total. The van der Waals surface area contributed by atoms with E-state index in [-0.39, 0.29) is 24.4 Å². The molecule has 0 aliphatic heterocycles. The zero-order chi connectivity index (χ0) is 12.0. The zero-order valence-corrected chi connectivity index (χ0v) is 10.9. The molecule has 0 fully saturated rings. The Balaban J connectivity index is 0.00000256. The topological polar surface area (TPSA) is 64.3 Å². The number of nitrogens with one attached hydrogen (secondary N) is 1. The van der Waals surface area contributed by atoms with Crippen LogP contribution in [0.15, 0.2) is 24.3 Å². The quantitative estimate of drug-likeness (QED) is 0.838. The van der Waals surface area contributed by atoms with Crippen molar-refractivity contribution in [1.29, 1.82) is 0 Å². The van der Waals surface area contributed by atoms with Gasteiger partial charge in [-0.05, 0) is 24.6 Å². The minimum Gasteiger partial charge on any atom is -0.380 e. The van der Waals surface area contributed by atoms with E-state index in [1.165, 1.54) is 0 Å². The molecule has 4 nitrogen and oxygen atoms in total. The second kappa shape index (κ2) is 8.06. The summed E-state index contributed by atoms with van der Waals surface area (Å²) in [5, 5.41) is 2.80. The number of carbonyl (C=O) groups excluding carboxylic acids is 1. The molecular weight excluding hydrogens is 240 g/mol. The second-order valence-corrected chi connectivity index (χ2v) is 3.74. The van der Waals surface area contributed by atoms with Gasteiger partial charge in [-0.25, -0.2) is 0 Å². The first kappa shape index (κ1) is 15.9. The predicted octanol–water partition coefficient (Wildman–Crippen LogP) is 1.33. The average Bonchev–Trinajstić information content (AvgIpc) is 2.30. The Morgan fingerprint density at radius 1 is 1.41 bits per heavy atom. The van der Waals surface area contributed by atoms with Gasteiger partial charge in [-0.1, -0.05) is 12.1 Å². The van der Waals surface area contributed by atoms with Gasteiger partial charge in [0.15, 0.2) is 0 Å². The van der Waals surface area contributed by atoms with Crippen molar-refractivity contribution in [1.82, 2.24) is 5.32 Å². The second-order valence-electron chi connectivity index (χ2n) is 3.74. The highest BCUT2D eigenvalue weighted by molar-refractivity contribution is 5.94. The van der Waals surface area contributed by atoms with Gasteiger partial charge >= 0.3 is 0 Å². The molecule has 5 heteroatoms. The van der Waals surface area contributed by atoms with Gasteiger partial charge in [-0.15, -0.1) is 12.4 Å². The Morgan fingerprint density at radius 3 is 2.47 bits per heavy atom. The van der Waals surface area contributed by atoms with Gasteiger partial charge < -0.3 is 15.8 Å². The molecule has 1 aromatic carbocycles. The lowest BCUT2D eigenvalue weighted by molar-refractivity contribution is 0.0941. The van der Waals surface area contributed by atoms with E-state index in [0.717, 1.165) is 5.56 Å². The highest BCUT2D eigenvalue weighted by Crippen LogP contribution is 2.05. The average molecular weight is 259 g/mol. The van der Waals surface area contributed by atoms with Crippen LogP contribution in [-0.4, -0.2) is 25.6 Å². The van der Waals surface area contributed by atoms with Crippen LogP contribution in [0.2, 0.25) is 0 Å². The molecule has 0 radical (unpaired) electrons. The molecule has 0 unspecified atom stereocenters. The third kappa shape index (κ3) is 5.17. The van der Waals surface area contributed by atoms with Crippen molar-refractivity contribution >= 4 is 18.3 Å². The Kier molecular flexibility index (Phi) is 7.54. The normalized spacial score (nSPS) is 11.5. The van der Waals surface area contributed by atoms with E-state index < -0.39 is 0 Å². The van der Waals surface area contributed by atoms with Crippen LogP contribution in [0, 0.1) is 0 Å². The number of benzene rings is 1. The fourth-order valence-electron chi connectivity index (χ4n) is 1.29. The lowest BCUT2D eigenvalue weighted by Gasteiger charge is -2.11. The first-order chi connectivity index (χ1) is 7.67. The van der Waals surface area contributed by atoms with Crippen molar-refractivity contribution in [3.8, 4) is 0 Å². The summed E-state index contributed by atoms with van der Waals surface area (Å²) in [7, 11) is 1.64. The smallest absolute Gasteiger partial charge is 0.251 e. The van der Waals surface area contributed by atoms with E-state index in [2.05, 4.69) is 5.32 Å².